The molecule has 2 aliphatic rings. The smallest absolute Gasteiger partial charge is 0.317 e. The molecule has 2 fully saturated rings. The molecular formula is C17H24N4O3. The van der Waals surface area contributed by atoms with Gasteiger partial charge in [-0.3, -0.25) is 4.79 Å². The van der Waals surface area contributed by atoms with Crippen LogP contribution in [-0.4, -0.2) is 47.1 Å². The fraction of sp³-hybridized carbons (Fsp3) is 0.647. The van der Waals surface area contributed by atoms with Gasteiger partial charge < -0.3 is 15.0 Å². The summed E-state index contributed by atoms with van der Waals surface area (Å²) in [5.74, 6) is 0.707. The van der Waals surface area contributed by atoms with Crippen molar-refractivity contribution in [2.24, 2.45) is 11.3 Å². The normalized spacial score (nSPS) is 25.9. The monoisotopic (exact) mass is 332 g/mol. The maximum absolute atomic E-state index is 12.5. The molecule has 7 heteroatoms. The number of fused-ring (bicyclic) bond motifs is 1. The number of carbonyl (C=O) groups excluding carboxylic acids is 2. The van der Waals surface area contributed by atoms with Crippen LogP contribution in [0.3, 0.4) is 0 Å². The van der Waals surface area contributed by atoms with Gasteiger partial charge in [0, 0.05) is 19.3 Å². The molecule has 1 saturated heterocycles. The lowest BCUT2D eigenvalue weighted by Crippen LogP contribution is -2.43. The molecule has 1 aromatic heterocycles. The summed E-state index contributed by atoms with van der Waals surface area (Å²) in [7, 11) is 1.43. The van der Waals surface area contributed by atoms with Crippen molar-refractivity contribution >= 4 is 12.0 Å². The first-order chi connectivity index (χ1) is 11.5. The van der Waals surface area contributed by atoms with Crippen molar-refractivity contribution < 1.29 is 14.3 Å². The second-order valence-corrected chi connectivity index (χ2v) is 6.72. The third-order valence-corrected chi connectivity index (χ3v) is 5.25. The highest BCUT2D eigenvalue weighted by Gasteiger charge is 2.54. The summed E-state index contributed by atoms with van der Waals surface area (Å²) in [5.41, 5.74) is 0.255. The second-order valence-electron chi connectivity index (χ2n) is 6.72. The molecule has 2 heterocycles. The number of amides is 2. The van der Waals surface area contributed by atoms with E-state index in [1.54, 1.807) is 17.2 Å². The van der Waals surface area contributed by atoms with Crippen LogP contribution < -0.4 is 5.32 Å². The van der Waals surface area contributed by atoms with Crippen LogP contribution in [-0.2, 0) is 16.1 Å². The Labute approximate surface area is 141 Å². The lowest BCUT2D eigenvalue weighted by molar-refractivity contribution is -0.156. The number of aromatic nitrogens is 2. The number of nitrogens with one attached hydrogen (secondary N) is 1. The Kier molecular flexibility index (Phi) is 4.69. The predicted molar refractivity (Wildman–Crippen MR) is 87.0 cm³/mol. The Balaban J connectivity index is 1.65. The molecule has 1 aliphatic heterocycles. The molecule has 24 heavy (non-hydrogen) atoms. The number of hydrogen-bond donors (Lipinski definition) is 1. The molecule has 1 saturated carbocycles. The van der Waals surface area contributed by atoms with E-state index in [-0.39, 0.29) is 17.9 Å². The van der Waals surface area contributed by atoms with Crippen molar-refractivity contribution in [1.29, 1.82) is 0 Å². The molecule has 3 rings (SSSR count). The number of hydrogen-bond acceptors (Lipinski definition) is 5. The van der Waals surface area contributed by atoms with Crippen molar-refractivity contribution in [3.63, 3.8) is 0 Å². The first-order valence-corrected chi connectivity index (χ1v) is 8.45. The molecule has 1 N–H and O–H groups in total. The van der Waals surface area contributed by atoms with Gasteiger partial charge in [0.25, 0.3) is 0 Å². The Morgan fingerprint density at radius 1 is 1.46 bits per heavy atom. The van der Waals surface area contributed by atoms with E-state index in [2.05, 4.69) is 15.3 Å². The Bertz CT molecular complexity index is 636. The van der Waals surface area contributed by atoms with Gasteiger partial charge in [0.2, 0.25) is 0 Å². The average molecular weight is 332 g/mol. The maximum Gasteiger partial charge on any atom is 0.317 e. The standard InChI is InChI=1S/C17H24N4O3/c1-12-18-8-6-14(20-12)9-19-16(23)21-10-13-5-3-4-7-17(13,11-21)15(22)24-2/h6,8,13H,3-5,7,9-11H2,1-2H3,(H,19,23)/t13-,17-/m1/s1. The Hall–Kier alpha value is -2.18. The first kappa shape index (κ1) is 16.7. The first-order valence-electron chi connectivity index (χ1n) is 8.45. The van der Waals surface area contributed by atoms with E-state index >= 15 is 0 Å². The van der Waals surface area contributed by atoms with E-state index in [1.807, 2.05) is 6.92 Å². The summed E-state index contributed by atoms with van der Waals surface area (Å²) in [4.78, 5) is 35.0. The number of methoxy groups -OCH3 is 1. The van der Waals surface area contributed by atoms with Gasteiger partial charge >= 0.3 is 12.0 Å². The van der Waals surface area contributed by atoms with Gasteiger partial charge in [-0.15, -0.1) is 0 Å². The minimum atomic E-state index is -0.518. The second kappa shape index (κ2) is 6.75. The molecule has 2 atom stereocenters. The Morgan fingerprint density at radius 3 is 3.04 bits per heavy atom. The Morgan fingerprint density at radius 2 is 2.29 bits per heavy atom. The van der Waals surface area contributed by atoms with E-state index < -0.39 is 5.41 Å². The van der Waals surface area contributed by atoms with E-state index in [0.717, 1.165) is 31.4 Å². The SMILES string of the molecule is COC(=O)[C@@]12CCCC[C@@H]1CN(C(=O)NCc1ccnc(C)n1)C2. The van der Waals surface area contributed by atoms with Gasteiger partial charge in [-0.25, -0.2) is 14.8 Å². The van der Waals surface area contributed by atoms with Gasteiger partial charge in [0.05, 0.1) is 24.8 Å². The summed E-state index contributed by atoms with van der Waals surface area (Å²) in [6, 6.07) is 1.64. The number of likely N-dealkylation sites (tertiary alicyclic amines) is 1. The van der Waals surface area contributed by atoms with E-state index in [4.69, 9.17) is 4.74 Å². The van der Waals surface area contributed by atoms with Gasteiger partial charge in [0.1, 0.15) is 5.82 Å². The zero-order valence-electron chi connectivity index (χ0n) is 14.2. The highest BCUT2D eigenvalue weighted by Crippen LogP contribution is 2.47. The highest BCUT2D eigenvalue weighted by molar-refractivity contribution is 5.81. The molecule has 1 aliphatic carbocycles. The van der Waals surface area contributed by atoms with Crippen LogP contribution in [0, 0.1) is 18.3 Å². The van der Waals surface area contributed by atoms with Crippen LogP contribution in [0.2, 0.25) is 0 Å². The quantitative estimate of drug-likeness (QED) is 0.851. The molecule has 130 valence electrons. The minimum absolute atomic E-state index is 0.149. The fourth-order valence-electron chi connectivity index (χ4n) is 4.03. The molecule has 0 aromatic carbocycles. The number of esters is 1. The average Bonchev–Trinajstić information content (AvgIpc) is 3.00. The molecule has 0 bridgehead atoms. The zero-order valence-corrected chi connectivity index (χ0v) is 14.2. The predicted octanol–water partition coefficient (Wildman–Crippen LogP) is 1.66. The van der Waals surface area contributed by atoms with Gasteiger partial charge in [-0.05, 0) is 31.7 Å². The van der Waals surface area contributed by atoms with Crippen LogP contribution in [0.15, 0.2) is 12.3 Å². The maximum atomic E-state index is 12.5. The molecule has 0 radical (unpaired) electrons. The van der Waals surface area contributed by atoms with Gasteiger partial charge in [-0.1, -0.05) is 12.8 Å². The number of aryl methyl sites for hydroxylation is 1. The van der Waals surface area contributed by atoms with Crippen molar-refractivity contribution in [3.05, 3.63) is 23.8 Å². The summed E-state index contributed by atoms with van der Waals surface area (Å²) < 4.78 is 5.05. The van der Waals surface area contributed by atoms with Crippen molar-refractivity contribution in [1.82, 2.24) is 20.2 Å². The lowest BCUT2D eigenvalue weighted by Gasteiger charge is -2.35. The number of nitrogens with zero attached hydrogens (tertiary/aromatic N) is 3. The minimum Gasteiger partial charge on any atom is -0.469 e. The molecule has 2 amide bonds. The van der Waals surface area contributed by atoms with Crippen molar-refractivity contribution in [2.45, 2.75) is 39.2 Å². The number of carbonyl (C=O) groups is 2. The zero-order chi connectivity index (χ0) is 17.2. The lowest BCUT2D eigenvalue weighted by atomic mass is 9.68. The largest absolute Gasteiger partial charge is 0.469 e. The summed E-state index contributed by atoms with van der Waals surface area (Å²) in [6.45, 7) is 3.23. The number of rotatable bonds is 3. The highest BCUT2D eigenvalue weighted by atomic mass is 16.5. The number of urea groups is 1. The van der Waals surface area contributed by atoms with Crippen LogP contribution in [0.1, 0.15) is 37.2 Å². The summed E-state index contributed by atoms with van der Waals surface area (Å²) >= 11 is 0. The van der Waals surface area contributed by atoms with Crippen LogP contribution in [0.25, 0.3) is 0 Å². The topological polar surface area (TPSA) is 84.4 Å². The third kappa shape index (κ3) is 3.07. The van der Waals surface area contributed by atoms with Crippen molar-refractivity contribution in [2.75, 3.05) is 20.2 Å². The molecule has 1 aromatic rings. The van der Waals surface area contributed by atoms with E-state index in [1.165, 1.54) is 7.11 Å². The molecule has 0 unspecified atom stereocenters. The van der Waals surface area contributed by atoms with Gasteiger partial charge in [0.15, 0.2) is 0 Å². The van der Waals surface area contributed by atoms with Crippen LogP contribution in [0.4, 0.5) is 4.79 Å². The summed E-state index contributed by atoms with van der Waals surface area (Å²) in [6.07, 6.45) is 5.59. The van der Waals surface area contributed by atoms with Gasteiger partial charge in [-0.2, -0.15) is 0 Å². The molecule has 0 spiro atoms. The van der Waals surface area contributed by atoms with E-state index in [0.29, 0.717) is 25.5 Å². The van der Waals surface area contributed by atoms with E-state index in [9.17, 15) is 9.59 Å². The van der Waals surface area contributed by atoms with Crippen molar-refractivity contribution in [3.8, 4) is 0 Å². The number of ether oxygens (including phenoxy) is 1. The third-order valence-electron chi connectivity index (χ3n) is 5.25. The molecular weight excluding hydrogens is 308 g/mol. The fourth-order valence-corrected chi connectivity index (χ4v) is 4.03. The van der Waals surface area contributed by atoms with Crippen LogP contribution in [0.5, 0.6) is 0 Å². The summed E-state index contributed by atoms with van der Waals surface area (Å²) in [5, 5.41) is 2.90. The molecule has 7 nitrogen and oxygen atoms in total. The van der Waals surface area contributed by atoms with Crippen LogP contribution >= 0.6 is 0 Å².